The highest BCUT2D eigenvalue weighted by Crippen LogP contribution is 2.26. The number of hydrogen-bond acceptors (Lipinski definition) is 9. The van der Waals surface area contributed by atoms with E-state index >= 15 is 0 Å². The van der Waals surface area contributed by atoms with Crippen molar-refractivity contribution in [3.63, 3.8) is 0 Å². The number of piperazine rings is 1. The van der Waals surface area contributed by atoms with Gasteiger partial charge in [-0.1, -0.05) is 11.8 Å². The van der Waals surface area contributed by atoms with Crippen molar-refractivity contribution in [1.29, 1.82) is 0 Å². The summed E-state index contributed by atoms with van der Waals surface area (Å²) in [5.41, 5.74) is 2.21. The van der Waals surface area contributed by atoms with Crippen LogP contribution >= 0.6 is 11.8 Å². The normalized spacial score (nSPS) is 19.3. The van der Waals surface area contributed by atoms with Crippen LogP contribution in [0.25, 0.3) is 0 Å². The van der Waals surface area contributed by atoms with Crippen molar-refractivity contribution in [3.05, 3.63) is 30.3 Å². The van der Waals surface area contributed by atoms with E-state index in [1.165, 1.54) is 30.3 Å². The maximum atomic E-state index is 12.7. The number of ether oxygens (including phenoxy) is 1. The molecule has 2 aromatic rings. The lowest BCUT2D eigenvalue weighted by Gasteiger charge is -2.36. The lowest BCUT2D eigenvalue weighted by molar-refractivity contribution is -0.132. The van der Waals surface area contributed by atoms with Gasteiger partial charge >= 0.3 is 0 Å². The van der Waals surface area contributed by atoms with Crippen LogP contribution in [0.3, 0.4) is 0 Å². The predicted molar refractivity (Wildman–Crippen MR) is 141 cm³/mol. The van der Waals surface area contributed by atoms with E-state index < -0.39 is 0 Å². The van der Waals surface area contributed by atoms with Crippen LogP contribution in [0.2, 0.25) is 0 Å². The third-order valence-electron chi connectivity index (χ3n) is 6.90. The Bertz CT molecular complexity index is 986. The van der Waals surface area contributed by atoms with E-state index in [4.69, 9.17) is 9.72 Å². The quantitative estimate of drug-likeness (QED) is 0.459. The summed E-state index contributed by atoms with van der Waals surface area (Å²) in [6, 6.07) is 10.5. The molecule has 0 unspecified atom stereocenters. The highest BCUT2D eigenvalue weighted by atomic mass is 32.2. The molecule has 0 radical (unpaired) electrons. The number of aromatic nitrogens is 2. The zero-order chi connectivity index (χ0) is 24.0. The summed E-state index contributed by atoms with van der Waals surface area (Å²) >= 11 is 1.54. The molecular weight excluding hydrogens is 462 g/mol. The number of morpholine rings is 1. The first-order chi connectivity index (χ1) is 17.2. The summed E-state index contributed by atoms with van der Waals surface area (Å²) in [7, 11) is 0. The summed E-state index contributed by atoms with van der Waals surface area (Å²) in [6.45, 7) is 9.10. The Labute approximate surface area is 211 Å². The minimum atomic E-state index is 0.252. The number of rotatable bonds is 7. The molecule has 0 saturated carbocycles. The van der Waals surface area contributed by atoms with Crippen LogP contribution < -0.4 is 15.1 Å². The summed E-state index contributed by atoms with van der Waals surface area (Å²) in [5, 5.41) is 4.19. The second kappa shape index (κ2) is 11.5. The number of anilines is 4. The van der Waals surface area contributed by atoms with Gasteiger partial charge in [0.25, 0.3) is 0 Å². The Morgan fingerprint density at radius 2 is 1.66 bits per heavy atom. The van der Waals surface area contributed by atoms with Gasteiger partial charge in [-0.25, -0.2) is 9.97 Å². The molecule has 3 aliphatic heterocycles. The molecule has 1 aromatic heterocycles. The van der Waals surface area contributed by atoms with E-state index in [9.17, 15) is 4.79 Å². The molecule has 1 aromatic carbocycles. The molecule has 0 atom stereocenters. The average molecular weight is 498 g/mol. The number of thioether (sulfide) groups is 1. The molecule has 3 aliphatic rings. The standard InChI is InChI=1S/C25H35N7O2S/c1-35-25-27-22(26-20-4-6-21(7-5-20)30-14-16-34-17-15-30)18-23(28-25)31-10-12-32(13-11-31)24(33)19-29-8-2-3-9-29/h4-7,18H,2-3,8-17,19H2,1H3,(H,26,27,28). The van der Waals surface area contributed by atoms with E-state index in [1.54, 1.807) is 0 Å². The Morgan fingerprint density at radius 3 is 2.34 bits per heavy atom. The summed E-state index contributed by atoms with van der Waals surface area (Å²) < 4.78 is 5.46. The molecule has 0 spiro atoms. The van der Waals surface area contributed by atoms with Crippen molar-refractivity contribution >= 4 is 40.7 Å². The lowest BCUT2D eigenvalue weighted by Crippen LogP contribution is -2.51. The van der Waals surface area contributed by atoms with Gasteiger partial charge in [-0.15, -0.1) is 0 Å². The monoisotopic (exact) mass is 497 g/mol. The fourth-order valence-corrected chi connectivity index (χ4v) is 5.25. The molecule has 0 bridgehead atoms. The first-order valence-electron chi connectivity index (χ1n) is 12.6. The zero-order valence-electron chi connectivity index (χ0n) is 20.5. The number of carbonyl (C=O) groups is 1. The maximum Gasteiger partial charge on any atom is 0.236 e. The summed E-state index contributed by atoms with van der Waals surface area (Å²) in [6.07, 6.45) is 4.41. The third-order valence-corrected chi connectivity index (χ3v) is 7.45. The summed E-state index contributed by atoms with van der Waals surface area (Å²) in [5.74, 6) is 1.94. The molecule has 10 heteroatoms. The van der Waals surface area contributed by atoms with Crippen molar-refractivity contribution in [3.8, 4) is 0 Å². The van der Waals surface area contributed by atoms with Gasteiger partial charge in [0.05, 0.1) is 19.8 Å². The van der Waals surface area contributed by atoms with Crippen LogP contribution in [-0.4, -0.2) is 104 Å². The first-order valence-corrected chi connectivity index (χ1v) is 13.8. The molecule has 188 valence electrons. The fraction of sp³-hybridized carbons (Fsp3) is 0.560. The molecular formula is C25H35N7O2S. The largest absolute Gasteiger partial charge is 0.378 e. The molecule has 5 rings (SSSR count). The summed E-state index contributed by atoms with van der Waals surface area (Å²) in [4.78, 5) is 31.0. The maximum absolute atomic E-state index is 12.7. The van der Waals surface area contributed by atoms with Gasteiger partial charge in [0.2, 0.25) is 5.91 Å². The molecule has 4 heterocycles. The SMILES string of the molecule is CSc1nc(Nc2ccc(N3CCOCC3)cc2)cc(N2CCN(C(=O)CN3CCCC3)CC2)n1. The van der Waals surface area contributed by atoms with Gasteiger partial charge < -0.3 is 24.8 Å². The van der Waals surface area contributed by atoms with Gasteiger partial charge in [0.1, 0.15) is 11.6 Å². The van der Waals surface area contributed by atoms with Crippen LogP contribution in [0.4, 0.5) is 23.0 Å². The second-order valence-corrected chi connectivity index (χ2v) is 9.99. The minimum absolute atomic E-state index is 0.252. The van der Waals surface area contributed by atoms with E-state index in [1.807, 2.05) is 17.2 Å². The molecule has 3 saturated heterocycles. The van der Waals surface area contributed by atoms with E-state index in [2.05, 4.69) is 49.3 Å². The molecule has 9 nitrogen and oxygen atoms in total. The van der Waals surface area contributed by atoms with Gasteiger partial charge in [0.15, 0.2) is 5.16 Å². The number of benzene rings is 1. The number of likely N-dealkylation sites (tertiary alicyclic amines) is 1. The van der Waals surface area contributed by atoms with Crippen molar-refractivity contribution in [2.75, 3.05) is 93.5 Å². The number of amides is 1. The highest BCUT2D eigenvalue weighted by molar-refractivity contribution is 7.98. The van der Waals surface area contributed by atoms with Gasteiger partial charge in [-0.2, -0.15) is 0 Å². The first kappa shape index (κ1) is 24.1. The molecule has 1 N–H and O–H groups in total. The van der Waals surface area contributed by atoms with Crippen molar-refractivity contribution in [2.24, 2.45) is 0 Å². The molecule has 3 fully saturated rings. The van der Waals surface area contributed by atoms with Crippen LogP contribution in [0.1, 0.15) is 12.8 Å². The smallest absolute Gasteiger partial charge is 0.236 e. The average Bonchev–Trinajstić information content (AvgIpc) is 3.42. The van der Waals surface area contributed by atoms with Crippen LogP contribution in [-0.2, 0) is 9.53 Å². The number of nitrogens with one attached hydrogen (secondary N) is 1. The van der Waals surface area contributed by atoms with Crippen molar-refractivity contribution < 1.29 is 9.53 Å². The number of hydrogen-bond donors (Lipinski definition) is 1. The molecule has 0 aliphatic carbocycles. The minimum Gasteiger partial charge on any atom is -0.378 e. The van der Waals surface area contributed by atoms with Crippen LogP contribution in [0, 0.1) is 0 Å². The van der Waals surface area contributed by atoms with Gasteiger partial charge in [-0.05, 0) is 56.5 Å². The van der Waals surface area contributed by atoms with Crippen LogP contribution in [0.15, 0.2) is 35.5 Å². The number of nitrogens with zero attached hydrogens (tertiary/aromatic N) is 6. The number of carbonyl (C=O) groups excluding carboxylic acids is 1. The van der Waals surface area contributed by atoms with Crippen molar-refractivity contribution in [1.82, 2.24) is 19.8 Å². The van der Waals surface area contributed by atoms with Crippen LogP contribution in [0.5, 0.6) is 0 Å². The Morgan fingerprint density at radius 1 is 0.943 bits per heavy atom. The second-order valence-electron chi connectivity index (χ2n) is 9.22. The third kappa shape index (κ3) is 6.17. The van der Waals surface area contributed by atoms with Gasteiger partial charge in [-0.3, -0.25) is 9.69 Å². The van der Waals surface area contributed by atoms with E-state index in [-0.39, 0.29) is 5.91 Å². The highest BCUT2D eigenvalue weighted by Gasteiger charge is 2.25. The molecule has 35 heavy (non-hydrogen) atoms. The predicted octanol–water partition coefficient (Wildman–Crippen LogP) is 2.52. The fourth-order valence-electron chi connectivity index (χ4n) is 4.87. The Kier molecular flexibility index (Phi) is 7.90. The zero-order valence-corrected chi connectivity index (χ0v) is 21.3. The topological polar surface area (TPSA) is 77.1 Å². The van der Waals surface area contributed by atoms with E-state index in [0.717, 1.165) is 88.1 Å². The molecule has 1 amide bonds. The van der Waals surface area contributed by atoms with E-state index in [0.29, 0.717) is 6.54 Å². The Hall–Kier alpha value is -2.56. The van der Waals surface area contributed by atoms with Gasteiger partial charge in [0, 0.05) is 56.7 Å². The Balaban J connectivity index is 1.20. The lowest BCUT2D eigenvalue weighted by atomic mass is 10.2. The van der Waals surface area contributed by atoms with Crippen molar-refractivity contribution in [2.45, 2.75) is 18.0 Å².